The Morgan fingerprint density at radius 1 is 1.40 bits per heavy atom. The number of piperidine rings is 1. The van der Waals surface area contributed by atoms with E-state index in [2.05, 4.69) is 10.2 Å². The largest absolute Gasteiger partial charge is 0.481 e. The monoisotopic (exact) mass is 277 g/mol. The van der Waals surface area contributed by atoms with Crippen LogP contribution in [0.2, 0.25) is 0 Å². The number of hydrogen-bond donors (Lipinski definition) is 1. The molecule has 0 bridgehead atoms. The summed E-state index contributed by atoms with van der Waals surface area (Å²) in [6.07, 6.45) is 4.58. The van der Waals surface area contributed by atoms with Crippen LogP contribution in [0, 0.1) is 11.3 Å². The molecule has 6 nitrogen and oxygen atoms in total. The van der Waals surface area contributed by atoms with Gasteiger partial charge in [-0.05, 0) is 38.7 Å². The highest BCUT2D eigenvalue weighted by Crippen LogP contribution is 2.34. The van der Waals surface area contributed by atoms with Gasteiger partial charge < -0.3 is 10.0 Å². The number of hydrogen-bond acceptors (Lipinski definition) is 4. The Morgan fingerprint density at radius 3 is 2.75 bits per heavy atom. The summed E-state index contributed by atoms with van der Waals surface area (Å²) in [6, 6.07) is 1.63. The lowest BCUT2D eigenvalue weighted by molar-refractivity contribution is -0.151. The first-order valence-electron chi connectivity index (χ1n) is 6.72. The molecule has 1 atom stereocenters. The van der Waals surface area contributed by atoms with E-state index in [-0.39, 0.29) is 11.8 Å². The molecule has 1 N–H and O–H groups in total. The predicted molar refractivity (Wildman–Crippen MR) is 72.1 cm³/mol. The fraction of sp³-hybridized carbons (Fsp3) is 0.571. The van der Waals surface area contributed by atoms with Crippen molar-refractivity contribution >= 4 is 11.9 Å². The van der Waals surface area contributed by atoms with E-state index in [0.29, 0.717) is 18.7 Å². The summed E-state index contributed by atoms with van der Waals surface area (Å²) in [4.78, 5) is 25.4. The molecular formula is C14H19N3O3. The van der Waals surface area contributed by atoms with Crippen LogP contribution in [-0.4, -0.2) is 45.2 Å². The SMILES string of the molecule is CC(C)(C(=O)O)C1CCCN(C(=O)c2ccnnc2)C1. The number of nitrogens with zero attached hydrogens (tertiary/aromatic N) is 3. The Kier molecular flexibility index (Phi) is 4.01. The van der Waals surface area contributed by atoms with Crippen molar-refractivity contribution in [2.24, 2.45) is 11.3 Å². The average molecular weight is 277 g/mol. The maximum absolute atomic E-state index is 12.4. The second kappa shape index (κ2) is 5.56. The molecule has 1 aromatic rings. The topological polar surface area (TPSA) is 83.4 Å². The van der Waals surface area contributed by atoms with Crippen LogP contribution in [0.3, 0.4) is 0 Å². The molecule has 1 fully saturated rings. The lowest BCUT2D eigenvalue weighted by Crippen LogP contribution is -2.46. The average Bonchev–Trinajstić information content (AvgIpc) is 2.47. The van der Waals surface area contributed by atoms with Gasteiger partial charge in [0.15, 0.2) is 0 Å². The number of rotatable bonds is 3. The molecule has 1 aromatic heterocycles. The van der Waals surface area contributed by atoms with Gasteiger partial charge in [0.25, 0.3) is 5.91 Å². The van der Waals surface area contributed by atoms with Gasteiger partial charge in [-0.15, -0.1) is 0 Å². The quantitative estimate of drug-likeness (QED) is 0.903. The number of aromatic nitrogens is 2. The van der Waals surface area contributed by atoms with Crippen LogP contribution in [-0.2, 0) is 4.79 Å². The van der Waals surface area contributed by atoms with E-state index in [9.17, 15) is 14.7 Å². The Labute approximate surface area is 117 Å². The van der Waals surface area contributed by atoms with Crippen LogP contribution in [0.4, 0.5) is 0 Å². The first-order chi connectivity index (χ1) is 9.43. The van der Waals surface area contributed by atoms with Crippen LogP contribution in [0.5, 0.6) is 0 Å². The van der Waals surface area contributed by atoms with Crippen molar-refractivity contribution in [3.05, 3.63) is 24.0 Å². The molecule has 1 unspecified atom stereocenters. The van der Waals surface area contributed by atoms with Gasteiger partial charge in [0, 0.05) is 13.1 Å². The Bertz CT molecular complexity index is 502. The fourth-order valence-corrected chi connectivity index (χ4v) is 2.53. The van der Waals surface area contributed by atoms with Crippen molar-refractivity contribution in [3.63, 3.8) is 0 Å². The molecule has 1 aliphatic heterocycles. The lowest BCUT2D eigenvalue weighted by atomic mass is 9.74. The lowest BCUT2D eigenvalue weighted by Gasteiger charge is -2.39. The molecule has 2 heterocycles. The van der Waals surface area contributed by atoms with Crippen LogP contribution in [0.15, 0.2) is 18.5 Å². The number of carbonyl (C=O) groups excluding carboxylic acids is 1. The summed E-state index contributed by atoms with van der Waals surface area (Å²) < 4.78 is 0. The summed E-state index contributed by atoms with van der Waals surface area (Å²) in [7, 11) is 0. The van der Waals surface area contributed by atoms with E-state index in [1.165, 1.54) is 12.4 Å². The Morgan fingerprint density at radius 2 is 2.15 bits per heavy atom. The van der Waals surface area contributed by atoms with Gasteiger partial charge in [-0.2, -0.15) is 10.2 Å². The van der Waals surface area contributed by atoms with Crippen molar-refractivity contribution in [3.8, 4) is 0 Å². The number of carboxylic acid groups (broad SMARTS) is 1. The zero-order chi connectivity index (χ0) is 14.8. The van der Waals surface area contributed by atoms with E-state index >= 15 is 0 Å². The van der Waals surface area contributed by atoms with Gasteiger partial charge in [-0.3, -0.25) is 9.59 Å². The number of carbonyl (C=O) groups is 2. The van der Waals surface area contributed by atoms with E-state index in [1.807, 2.05) is 0 Å². The highest BCUT2D eigenvalue weighted by molar-refractivity contribution is 5.93. The summed E-state index contributed by atoms with van der Waals surface area (Å²) >= 11 is 0. The molecule has 0 aliphatic carbocycles. The van der Waals surface area contributed by atoms with Gasteiger partial charge >= 0.3 is 5.97 Å². The van der Waals surface area contributed by atoms with Crippen LogP contribution < -0.4 is 0 Å². The van der Waals surface area contributed by atoms with E-state index < -0.39 is 11.4 Å². The Hall–Kier alpha value is -1.98. The molecule has 20 heavy (non-hydrogen) atoms. The molecule has 1 aliphatic rings. The molecule has 2 rings (SSSR count). The first kappa shape index (κ1) is 14.4. The number of aliphatic carboxylic acids is 1. The number of amides is 1. The molecule has 108 valence electrons. The third-order valence-electron chi connectivity index (χ3n) is 4.11. The van der Waals surface area contributed by atoms with E-state index in [0.717, 1.165) is 12.8 Å². The van der Waals surface area contributed by atoms with Gasteiger partial charge in [0.2, 0.25) is 0 Å². The standard InChI is InChI=1S/C14H19N3O3/c1-14(2,13(19)20)11-4-3-7-17(9-11)12(18)10-5-6-15-16-8-10/h5-6,8,11H,3-4,7,9H2,1-2H3,(H,19,20). The third kappa shape index (κ3) is 2.79. The van der Waals surface area contributed by atoms with Crippen molar-refractivity contribution in [2.75, 3.05) is 13.1 Å². The van der Waals surface area contributed by atoms with Crippen molar-refractivity contribution in [2.45, 2.75) is 26.7 Å². The van der Waals surface area contributed by atoms with E-state index in [1.54, 1.807) is 24.8 Å². The Balaban J connectivity index is 2.11. The zero-order valence-electron chi connectivity index (χ0n) is 11.7. The van der Waals surface area contributed by atoms with Crippen LogP contribution in [0.1, 0.15) is 37.0 Å². The summed E-state index contributed by atoms with van der Waals surface area (Å²) in [5, 5.41) is 16.7. The molecule has 1 saturated heterocycles. The second-order valence-corrected chi connectivity index (χ2v) is 5.75. The molecule has 0 radical (unpaired) electrons. The second-order valence-electron chi connectivity index (χ2n) is 5.75. The highest BCUT2D eigenvalue weighted by Gasteiger charge is 2.40. The van der Waals surface area contributed by atoms with Crippen molar-refractivity contribution < 1.29 is 14.7 Å². The minimum Gasteiger partial charge on any atom is -0.481 e. The molecule has 0 saturated carbocycles. The minimum atomic E-state index is -0.824. The number of carboxylic acids is 1. The first-order valence-corrected chi connectivity index (χ1v) is 6.72. The van der Waals surface area contributed by atoms with Gasteiger partial charge in [0.1, 0.15) is 0 Å². The van der Waals surface area contributed by atoms with Crippen molar-refractivity contribution in [1.82, 2.24) is 15.1 Å². The van der Waals surface area contributed by atoms with Gasteiger partial charge in [0.05, 0.1) is 23.4 Å². The molecule has 0 spiro atoms. The summed E-state index contributed by atoms with van der Waals surface area (Å²) in [5.74, 6) is -0.958. The molecule has 1 amide bonds. The smallest absolute Gasteiger partial charge is 0.309 e. The molecule has 0 aromatic carbocycles. The third-order valence-corrected chi connectivity index (χ3v) is 4.11. The van der Waals surface area contributed by atoms with Crippen LogP contribution in [0.25, 0.3) is 0 Å². The zero-order valence-corrected chi connectivity index (χ0v) is 11.7. The molecular weight excluding hydrogens is 258 g/mol. The van der Waals surface area contributed by atoms with Gasteiger partial charge in [-0.1, -0.05) is 0 Å². The molecule has 6 heteroatoms. The fourth-order valence-electron chi connectivity index (χ4n) is 2.53. The highest BCUT2D eigenvalue weighted by atomic mass is 16.4. The maximum atomic E-state index is 12.4. The van der Waals surface area contributed by atoms with Crippen LogP contribution >= 0.6 is 0 Å². The predicted octanol–water partition coefficient (Wildman–Crippen LogP) is 1.44. The summed E-state index contributed by atoms with van der Waals surface area (Å²) in [5.41, 5.74) is -0.330. The normalized spacial score (nSPS) is 19.7. The summed E-state index contributed by atoms with van der Waals surface area (Å²) in [6.45, 7) is 4.58. The van der Waals surface area contributed by atoms with Gasteiger partial charge in [-0.25, -0.2) is 0 Å². The van der Waals surface area contributed by atoms with Crippen molar-refractivity contribution in [1.29, 1.82) is 0 Å². The number of likely N-dealkylation sites (tertiary alicyclic amines) is 1. The minimum absolute atomic E-state index is 0.0347. The van der Waals surface area contributed by atoms with E-state index in [4.69, 9.17) is 0 Å². The maximum Gasteiger partial charge on any atom is 0.309 e.